The number of aromatic nitrogens is 2. The molecule has 0 saturated carbocycles. The van der Waals surface area contributed by atoms with Crippen molar-refractivity contribution in [1.82, 2.24) is 9.97 Å². The molecule has 0 aliphatic carbocycles. The molecule has 1 aromatic rings. The number of hydrogen-bond donors (Lipinski definition) is 3. The third kappa shape index (κ3) is 0.985. The van der Waals surface area contributed by atoms with Gasteiger partial charge in [-0.1, -0.05) is 0 Å². The molecule has 5 heteroatoms. The Hall–Kier alpha value is -1.36. The lowest BCUT2D eigenvalue weighted by Crippen LogP contribution is -2.16. The summed E-state index contributed by atoms with van der Waals surface area (Å²) in [7, 11) is 0. The largest absolute Gasteiger partial charge is 0.493 e. The zero-order valence-electron chi connectivity index (χ0n) is 5.16. The van der Waals surface area contributed by atoms with Crippen LogP contribution in [0.1, 0.15) is 5.56 Å². The van der Waals surface area contributed by atoms with Gasteiger partial charge in [-0.25, -0.2) is 4.98 Å². The number of aromatic hydroxyl groups is 1. The zero-order valence-corrected chi connectivity index (χ0v) is 5.16. The van der Waals surface area contributed by atoms with E-state index in [-0.39, 0.29) is 18.0 Å². The van der Waals surface area contributed by atoms with Gasteiger partial charge in [0.2, 0.25) is 5.88 Å². The van der Waals surface area contributed by atoms with Crippen LogP contribution in [0.4, 0.5) is 0 Å². The Bertz CT molecular complexity index is 280. The SMILES string of the molecule is NCc1c(O)nc[nH]c1=O. The molecular formula is C5H7N3O2. The minimum Gasteiger partial charge on any atom is -0.493 e. The van der Waals surface area contributed by atoms with Crippen molar-refractivity contribution in [2.75, 3.05) is 0 Å². The van der Waals surface area contributed by atoms with Crippen LogP contribution in [-0.4, -0.2) is 15.1 Å². The van der Waals surface area contributed by atoms with Crippen molar-refractivity contribution in [2.45, 2.75) is 6.54 Å². The lowest BCUT2D eigenvalue weighted by atomic mass is 10.3. The van der Waals surface area contributed by atoms with Crippen LogP contribution < -0.4 is 11.3 Å². The smallest absolute Gasteiger partial charge is 0.259 e. The lowest BCUT2D eigenvalue weighted by Gasteiger charge is -1.95. The van der Waals surface area contributed by atoms with E-state index >= 15 is 0 Å². The van der Waals surface area contributed by atoms with Gasteiger partial charge in [-0.05, 0) is 0 Å². The van der Waals surface area contributed by atoms with Gasteiger partial charge in [-0.2, -0.15) is 0 Å². The molecule has 1 rings (SSSR count). The summed E-state index contributed by atoms with van der Waals surface area (Å²) in [4.78, 5) is 16.5. The van der Waals surface area contributed by atoms with Gasteiger partial charge in [0.25, 0.3) is 5.56 Å². The molecule has 0 aromatic carbocycles. The number of nitrogens with zero attached hydrogens (tertiary/aromatic N) is 1. The van der Waals surface area contributed by atoms with Crippen molar-refractivity contribution in [1.29, 1.82) is 0 Å². The Balaban J connectivity index is 3.31. The molecule has 1 heterocycles. The van der Waals surface area contributed by atoms with Crippen molar-refractivity contribution in [3.63, 3.8) is 0 Å². The molecule has 0 fully saturated rings. The van der Waals surface area contributed by atoms with Crippen LogP contribution in [0, 0.1) is 0 Å². The van der Waals surface area contributed by atoms with Crippen molar-refractivity contribution in [3.05, 3.63) is 22.2 Å². The number of hydrogen-bond acceptors (Lipinski definition) is 4. The van der Waals surface area contributed by atoms with Crippen LogP contribution in [0.15, 0.2) is 11.1 Å². The fourth-order valence-corrected chi connectivity index (χ4v) is 0.603. The Kier molecular flexibility index (Phi) is 1.68. The number of nitrogens with two attached hydrogens (primary N) is 1. The van der Waals surface area contributed by atoms with Gasteiger partial charge in [-0.3, -0.25) is 4.79 Å². The normalized spacial score (nSPS) is 9.70. The van der Waals surface area contributed by atoms with E-state index in [2.05, 4.69) is 9.97 Å². The first-order chi connectivity index (χ1) is 4.75. The molecule has 0 aliphatic heterocycles. The summed E-state index contributed by atoms with van der Waals surface area (Å²) in [6.45, 7) is -0.00495. The van der Waals surface area contributed by atoms with Gasteiger partial charge >= 0.3 is 0 Å². The van der Waals surface area contributed by atoms with Gasteiger partial charge in [0, 0.05) is 6.54 Å². The van der Waals surface area contributed by atoms with E-state index in [1.54, 1.807) is 0 Å². The third-order valence-corrected chi connectivity index (χ3v) is 1.13. The van der Waals surface area contributed by atoms with E-state index in [0.29, 0.717) is 0 Å². The summed E-state index contributed by atoms with van der Waals surface area (Å²) in [5, 5.41) is 8.88. The van der Waals surface area contributed by atoms with Crippen molar-refractivity contribution >= 4 is 0 Å². The lowest BCUT2D eigenvalue weighted by molar-refractivity contribution is 0.443. The van der Waals surface area contributed by atoms with Gasteiger partial charge in [-0.15, -0.1) is 0 Å². The molecule has 0 bridgehead atoms. The monoisotopic (exact) mass is 141 g/mol. The minimum absolute atomic E-state index is 0.00495. The van der Waals surface area contributed by atoms with Gasteiger partial charge in [0.05, 0.1) is 11.9 Å². The Morgan fingerprint density at radius 3 is 2.90 bits per heavy atom. The van der Waals surface area contributed by atoms with Crippen LogP contribution in [0.3, 0.4) is 0 Å². The van der Waals surface area contributed by atoms with Crippen LogP contribution in [-0.2, 0) is 6.54 Å². The highest BCUT2D eigenvalue weighted by atomic mass is 16.3. The summed E-state index contributed by atoms with van der Waals surface area (Å²) >= 11 is 0. The standard InChI is InChI=1S/C5H7N3O2/c6-1-3-4(9)7-2-8-5(3)10/h2H,1,6H2,(H2,7,8,9,10). The van der Waals surface area contributed by atoms with E-state index in [4.69, 9.17) is 10.8 Å². The first-order valence-corrected chi connectivity index (χ1v) is 2.71. The second kappa shape index (κ2) is 2.49. The molecule has 0 aliphatic rings. The second-order valence-corrected chi connectivity index (χ2v) is 1.74. The van der Waals surface area contributed by atoms with Crippen LogP contribution in [0.2, 0.25) is 0 Å². The average molecular weight is 141 g/mol. The molecule has 0 saturated heterocycles. The number of nitrogens with one attached hydrogen (secondary N) is 1. The highest BCUT2D eigenvalue weighted by Gasteiger charge is 2.02. The van der Waals surface area contributed by atoms with Gasteiger partial charge in [0.1, 0.15) is 0 Å². The quantitative estimate of drug-likeness (QED) is 0.464. The predicted octanol–water partition coefficient (Wildman–Crippen LogP) is -1.07. The molecule has 5 nitrogen and oxygen atoms in total. The number of aromatic amines is 1. The average Bonchev–Trinajstić information content (AvgIpc) is 1.88. The fraction of sp³-hybridized carbons (Fsp3) is 0.200. The third-order valence-electron chi connectivity index (χ3n) is 1.13. The molecular weight excluding hydrogens is 134 g/mol. The molecule has 0 radical (unpaired) electrons. The summed E-state index contributed by atoms with van der Waals surface area (Å²) < 4.78 is 0. The maximum Gasteiger partial charge on any atom is 0.259 e. The Morgan fingerprint density at radius 1 is 1.80 bits per heavy atom. The molecule has 0 atom stereocenters. The molecule has 4 N–H and O–H groups in total. The molecule has 10 heavy (non-hydrogen) atoms. The van der Waals surface area contributed by atoms with E-state index < -0.39 is 5.56 Å². The van der Waals surface area contributed by atoms with E-state index in [1.807, 2.05) is 0 Å². The summed E-state index contributed by atoms with van der Waals surface area (Å²) in [5.41, 5.74) is 4.85. The number of rotatable bonds is 1. The number of H-pyrrole nitrogens is 1. The summed E-state index contributed by atoms with van der Waals surface area (Å²) in [5.74, 6) is -0.300. The highest BCUT2D eigenvalue weighted by Crippen LogP contribution is 2.03. The topological polar surface area (TPSA) is 92.0 Å². The maximum atomic E-state index is 10.7. The molecule has 1 aromatic heterocycles. The van der Waals surface area contributed by atoms with Crippen LogP contribution >= 0.6 is 0 Å². The van der Waals surface area contributed by atoms with Crippen molar-refractivity contribution in [2.24, 2.45) is 5.73 Å². The predicted molar refractivity (Wildman–Crippen MR) is 34.4 cm³/mol. The Morgan fingerprint density at radius 2 is 2.50 bits per heavy atom. The van der Waals surface area contributed by atoms with E-state index in [0.717, 1.165) is 6.33 Å². The molecule has 54 valence electrons. The molecule has 0 spiro atoms. The molecule has 0 amide bonds. The van der Waals surface area contributed by atoms with Crippen molar-refractivity contribution < 1.29 is 5.11 Å². The van der Waals surface area contributed by atoms with E-state index in [1.165, 1.54) is 0 Å². The Labute approximate surface area is 56.5 Å². The molecule has 0 unspecified atom stereocenters. The first-order valence-electron chi connectivity index (χ1n) is 2.71. The summed E-state index contributed by atoms with van der Waals surface area (Å²) in [6.07, 6.45) is 1.12. The van der Waals surface area contributed by atoms with Gasteiger partial charge < -0.3 is 15.8 Å². The highest BCUT2D eigenvalue weighted by molar-refractivity contribution is 5.19. The minimum atomic E-state index is -0.394. The van der Waals surface area contributed by atoms with Crippen molar-refractivity contribution in [3.8, 4) is 5.88 Å². The van der Waals surface area contributed by atoms with Gasteiger partial charge in [0.15, 0.2) is 0 Å². The second-order valence-electron chi connectivity index (χ2n) is 1.74. The summed E-state index contributed by atoms with van der Waals surface area (Å²) in [6, 6.07) is 0. The van der Waals surface area contributed by atoms with Crippen LogP contribution in [0.5, 0.6) is 5.88 Å². The van der Waals surface area contributed by atoms with Crippen LogP contribution in [0.25, 0.3) is 0 Å². The first kappa shape index (κ1) is 6.76. The maximum absolute atomic E-state index is 10.7. The zero-order chi connectivity index (χ0) is 7.56. The fourth-order valence-electron chi connectivity index (χ4n) is 0.603. The van der Waals surface area contributed by atoms with E-state index in [9.17, 15) is 4.79 Å².